The molecule has 0 aliphatic heterocycles. The van der Waals surface area contributed by atoms with E-state index in [-0.39, 0.29) is 17.6 Å². The smallest absolute Gasteiger partial charge is 0.100 e. The van der Waals surface area contributed by atoms with Crippen LogP contribution in [0.15, 0.2) is 0 Å². The van der Waals surface area contributed by atoms with Gasteiger partial charge in [0.25, 0.3) is 0 Å². The molecule has 5 aliphatic rings. The second kappa shape index (κ2) is 23.0. The van der Waals surface area contributed by atoms with Gasteiger partial charge in [-0.25, -0.2) is 4.39 Å². The molecule has 5 fully saturated rings. The van der Waals surface area contributed by atoms with E-state index < -0.39 is 6.17 Å². The molecule has 0 saturated heterocycles. The topological polar surface area (TPSA) is 40.5 Å². The zero-order valence-electron chi connectivity index (χ0n) is 39.7. The lowest BCUT2D eigenvalue weighted by atomic mass is 9.69. The van der Waals surface area contributed by atoms with Gasteiger partial charge in [0.05, 0.1) is 12.2 Å². The lowest BCUT2D eigenvalue weighted by Gasteiger charge is -2.38. The quantitative estimate of drug-likeness (QED) is 0.0839. The molecule has 5 saturated carbocycles. The molecule has 5 rings (SSSR count). The van der Waals surface area contributed by atoms with Gasteiger partial charge in [-0.2, -0.15) is 0 Å². The molecule has 2 N–H and O–H groups in total. The van der Waals surface area contributed by atoms with Crippen LogP contribution in [-0.2, 0) is 0 Å². The van der Waals surface area contributed by atoms with E-state index >= 15 is 0 Å². The van der Waals surface area contributed by atoms with Gasteiger partial charge in [-0.15, -0.1) is 0 Å². The van der Waals surface area contributed by atoms with Crippen LogP contribution >= 0.6 is 22.6 Å². The minimum atomic E-state index is -0.553. The summed E-state index contributed by atoms with van der Waals surface area (Å²) in [5, 5.41) is 22.7. The van der Waals surface area contributed by atoms with Crippen LogP contribution < -0.4 is 0 Å². The average Bonchev–Trinajstić information content (AvgIpc) is 3.96. The van der Waals surface area contributed by atoms with Crippen LogP contribution in [0.25, 0.3) is 0 Å². The second-order valence-electron chi connectivity index (χ2n) is 25.1. The Morgan fingerprint density at radius 1 is 0.655 bits per heavy atom. The van der Waals surface area contributed by atoms with Crippen LogP contribution in [0.1, 0.15) is 242 Å². The van der Waals surface area contributed by atoms with Gasteiger partial charge in [-0.3, -0.25) is 0 Å². The van der Waals surface area contributed by atoms with Gasteiger partial charge in [-0.1, -0.05) is 117 Å². The van der Waals surface area contributed by atoms with Gasteiger partial charge in [0.15, 0.2) is 0 Å². The van der Waals surface area contributed by atoms with Crippen LogP contribution in [0, 0.1) is 75.4 Å². The van der Waals surface area contributed by atoms with E-state index in [1.165, 1.54) is 135 Å². The summed E-state index contributed by atoms with van der Waals surface area (Å²) in [6.45, 7) is 19.4. The highest BCUT2D eigenvalue weighted by molar-refractivity contribution is 14.1. The molecule has 340 valence electrons. The Labute approximate surface area is 374 Å². The highest BCUT2D eigenvalue weighted by atomic mass is 127. The Kier molecular flexibility index (Phi) is 19.6. The highest BCUT2D eigenvalue weighted by Crippen LogP contribution is 2.61. The Morgan fingerprint density at radius 2 is 1.26 bits per heavy atom. The lowest BCUT2D eigenvalue weighted by molar-refractivity contribution is 0.0448. The molecule has 5 aliphatic carbocycles. The number of aliphatic hydroxyl groups is 2. The number of hydrogen-bond acceptors (Lipinski definition) is 2. The summed E-state index contributed by atoms with van der Waals surface area (Å²) >= 11 is 2.72. The molecule has 4 heteroatoms. The van der Waals surface area contributed by atoms with Crippen molar-refractivity contribution in [1.29, 1.82) is 0 Å². The largest absolute Gasteiger partial charge is 0.393 e. The first kappa shape index (κ1) is 49.6. The van der Waals surface area contributed by atoms with Crippen LogP contribution in [0.4, 0.5) is 4.39 Å². The Hall–Kier alpha value is 0.580. The standard InChI is InChI=1S/C54H98FIO2/c1-38(24-27-52(4,5)6)32-43(37-54(30-31-54)47-20-22-49(56)23-21-47)34-39(2)33-41-14-18-45(19-15-41)51(58)26-29-53(7,8)28-25-50(57)40(3)35-42-12-16-44(17-13-42)46-10-9-11-48(55)36-46/h38-51,57-58H,9-37H2,1-8H3/t38-,39+,40?,41?,42?,43?,44?,45?,46?,47?,48?,49?,50?,51?/m1/s1. The fourth-order valence-corrected chi connectivity index (χ4v) is 14.5. The van der Waals surface area contributed by atoms with Crippen LogP contribution in [0.3, 0.4) is 0 Å². The van der Waals surface area contributed by atoms with Gasteiger partial charge in [0.2, 0.25) is 0 Å². The normalized spacial score (nSPS) is 34.1. The van der Waals surface area contributed by atoms with Gasteiger partial charge >= 0.3 is 0 Å². The molecule has 0 amide bonds. The zero-order valence-corrected chi connectivity index (χ0v) is 41.9. The number of hydrogen-bond donors (Lipinski definition) is 2. The Balaban J connectivity index is 0.981. The van der Waals surface area contributed by atoms with Crippen LogP contribution in [-0.4, -0.2) is 32.5 Å². The third-order valence-electron chi connectivity index (χ3n) is 17.9. The van der Waals surface area contributed by atoms with Gasteiger partial charge in [0.1, 0.15) is 6.17 Å². The van der Waals surface area contributed by atoms with Gasteiger partial charge < -0.3 is 10.2 Å². The summed E-state index contributed by atoms with van der Waals surface area (Å²) in [6, 6.07) is 0. The first-order chi connectivity index (χ1) is 27.4. The predicted molar refractivity (Wildman–Crippen MR) is 256 cm³/mol. The van der Waals surface area contributed by atoms with Crippen molar-refractivity contribution in [2.24, 2.45) is 75.4 Å². The Bertz CT molecular complexity index is 1140. The lowest BCUT2D eigenvalue weighted by Crippen LogP contribution is -2.29. The van der Waals surface area contributed by atoms with Gasteiger partial charge in [0, 0.05) is 3.92 Å². The SMILES string of the molecule is CC(CC1CCC(C2CCCC(F)C2)CC1)C(O)CCC(C)(C)CCC(O)C1CCC(C[C@H](C)CC(C[C@H](C)CCC(C)(C)C)CC2(C3CCC(I)CC3)CC2)CC1. The minimum absolute atomic E-state index is 0.148. The molecule has 0 radical (unpaired) electrons. The molecule has 0 aromatic heterocycles. The fourth-order valence-electron chi connectivity index (χ4n) is 13.7. The molecule has 2 nitrogen and oxygen atoms in total. The van der Waals surface area contributed by atoms with E-state index in [9.17, 15) is 14.6 Å². The summed E-state index contributed by atoms with van der Waals surface area (Å²) in [7, 11) is 0. The third-order valence-corrected chi connectivity index (χ3v) is 19.2. The van der Waals surface area contributed by atoms with E-state index in [0.717, 1.165) is 96.7 Å². The molecule has 8 atom stereocenters. The molecule has 0 bridgehead atoms. The van der Waals surface area contributed by atoms with Crippen molar-refractivity contribution >= 4 is 22.6 Å². The van der Waals surface area contributed by atoms with Crippen LogP contribution in [0.2, 0.25) is 0 Å². The van der Waals surface area contributed by atoms with E-state index in [1.54, 1.807) is 0 Å². The summed E-state index contributed by atoms with van der Waals surface area (Å²) < 4.78 is 15.0. The number of aliphatic hydroxyl groups excluding tert-OH is 2. The van der Waals surface area contributed by atoms with Gasteiger partial charge in [-0.05, 0) is 223 Å². The predicted octanol–water partition coefficient (Wildman–Crippen LogP) is 16.5. The molecular weight excluding hydrogens is 826 g/mol. The maximum atomic E-state index is 14.0. The highest BCUT2D eigenvalue weighted by Gasteiger charge is 2.50. The molecule has 58 heavy (non-hydrogen) atoms. The van der Waals surface area contributed by atoms with E-state index in [1.807, 2.05) is 0 Å². The van der Waals surface area contributed by atoms with Crippen molar-refractivity contribution in [2.45, 2.75) is 264 Å². The van der Waals surface area contributed by atoms with Crippen LogP contribution in [0.5, 0.6) is 0 Å². The monoisotopic (exact) mass is 925 g/mol. The van der Waals surface area contributed by atoms with E-state index in [2.05, 4.69) is 78.0 Å². The summed E-state index contributed by atoms with van der Waals surface area (Å²) in [5.41, 5.74) is 1.29. The van der Waals surface area contributed by atoms with Crippen molar-refractivity contribution in [1.82, 2.24) is 0 Å². The van der Waals surface area contributed by atoms with Crippen molar-refractivity contribution in [3.63, 3.8) is 0 Å². The Morgan fingerprint density at radius 3 is 1.88 bits per heavy atom. The van der Waals surface area contributed by atoms with Crippen molar-refractivity contribution in [3.8, 4) is 0 Å². The first-order valence-corrected chi connectivity index (χ1v) is 27.3. The fraction of sp³-hybridized carbons (Fsp3) is 1.00. The molecule has 0 aromatic rings. The minimum Gasteiger partial charge on any atom is -0.393 e. The van der Waals surface area contributed by atoms with Crippen molar-refractivity contribution in [3.05, 3.63) is 0 Å². The number of halogens is 2. The van der Waals surface area contributed by atoms with Crippen molar-refractivity contribution in [2.75, 3.05) is 0 Å². The maximum Gasteiger partial charge on any atom is 0.100 e. The molecule has 6 unspecified atom stereocenters. The summed E-state index contributed by atoms with van der Waals surface area (Å²) in [4.78, 5) is 0. The molecule has 0 heterocycles. The van der Waals surface area contributed by atoms with E-state index in [4.69, 9.17) is 0 Å². The molecular formula is C54H98FIO2. The van der Waals surface area contributed by atoms with E-state index in [0.29, 0.717) is 28.6 Å². The summed E-state index contributed by atoms with van der Waals surface area (Å²) in [5.74, 6) is 7.35. The zero-order chi connectivity index (χ0) is 42.1. The maximum absolute atomic E-state index is 14.0. The summed E-state index contributed by atoms with van der Waals surface area (Å²) in [6.07, 6.45) is 35.7. The molecule has 0 aromatic carbocycles. The van der Waals surface area contributed by atoms with Crippen molar-refractivity contribution < 1.29 is 14.6 Å². The molecule has 0 spiro atoms. The average molecular weight is 925 g/mol. The second-order valence-corrected chi connectivity index (χ2v) is 26.8. The number of rotatable bonds is 22. The number of alkyl halides is 2. The third kappa shape index (κ3) is 16.6. The first-order valence-electron chi connectivity index (χ1n) is 26.0.